The van der Waals surface area contributed by atoms with Crippen molar-refractivity contribution in [2.24, 2.45) is 10.4 Å². The van der Waals surface area contributed by atoms with Crippen molar-refractivity contribution in [2.75, 3.05) is 52.1 Å². The molecule has 0 bridgehead atoms. The van der Waals surface area contributed by atoms with Crippen LogP contribution in [-0.4, -0.2) is 145 Å². The fourth-order valence-electron chi connectivity index (χ4n) is 9.94. The van der Waals surface area contributed by atoms with Crippen LogP contribution in [0.25, 0.3) is 21.5 Å². The number of allylic oxidation sites excluding steroid dienone is 3. The van der Waals surface area contributed by atoms with Crippen molar-refractivity contribution in [1.82, 2.24) is 49.8 Å². The van der Waals surface area contributed by atoms with E-state index in [9.17, 15) is 29.1 Å². The van der Waals surface area contributed by atoms with E-state index in [1.165, 1.54) is 4.90 Å². The van der Waals surface area contributed by atoms with Gasteiger partial charge < -0.3 is 45.2 Å². The summed E-state index contributed by atoms with van der Waals surface area (Å²) >= 11 is 1.58. The number of hydrogen-bond donors (Lipinski definition) is 4. The number of nitrogens with one attached hydrogen (secondary N) is 3. The Morgan fingerprint density at radius 2 is 1.64 bits per heavy atom. The van der Waals surface area contributed by atoms with Crippen LogP contribution >= 0.6 is 11.3 Å². The number of aliphatic imine (C=N–C) groups is 1. The number of anilines is 1. The zero-order valence-corrected chi connectivity index (χ0v) is 44.5. The molecule has 1 aromatic carbocycles. The van der Waals surface area contributed by atoms with Gasteiger partial charge in [0.25, 0.3) is 5.91 Å². The van der Waals surface area contributed by atoms with Crippen LogP contribution in [0.15, 0.2) is 70.7 Å². The molecule has 392 valence electrons. The number of aromatic nitrogens is 4. The molecule has 5 heterocycles. The molecule has 4 aromatic rings. The standard InChI is InChI=1S/C54H74N12O6S/c1-35(19-24-44(55-6)59-53-57-32-39-29-43(51(71)62(7)8)66(49(39)61-53)40-15-13-14-16-40)63-25-27-64(28-26-63)46(69)18-12-10-9-11-17-45(68)60-48(54(3,4)5)52(72)65-33-41(67)30-42(65)50(70)56-31-37-20-22-38(23-21-37)47-36(2)58-34-73-47/h19-24,29,32,34,40-42,48,67H,6,9-18,25-28,30-31,33H2,1-5,7-8H3,(H,56,70)(H,60,68)(H,57,59,61)/b35-19+,44-24+/t41-,42+,48-/m1/s1. The van der Waals surface area contributed by atoms with Gasteiger partial charge >= 0.3 is 0 Å². The predicted molar refractivity (Wildman–Crippen MR) is 286 cm³/mol. The maximum absolute atomic E-state index is 14.1. The number of likely N-dealkylation sites (tertiary alicyclic amines) is 1. The molecule has 0 spiro atoms. The van der Waals surface area contributed by atoms with Crippen molar-refractivity contribution in [3.8, 4) is 10.4 Å². The van der Waals surface area contributed by atoms with Crippen LogP contribution in [0.4, 0.5) is 5.95 Å². The highest BCUT2D eigenvalue weighted by Crippen LogP contribution is 2.35. The van der Waals surface area contributed by atoms with E-state index in [0.29, 0.717) is 56.5 Å². The Hall–Kier alpha value is -6.47. The van der Waals surface area contributed by atoms with Crippen LogP contribution in [-0.2, 0) is 25.7 Å². The van der Waals surface area contributed by atoms with Crippen molar-refractivity contribution in [1.29, 1.82) is 0 Å². The van der Waals surface area contributed by atoms with Crippen LogP contribution in [0, 0.1) is 12.3 Å². The molecule has 3 atom stereocenters. The van der Waals surface area contributed by atoms with Crippen molar-refractivity contribution in [3.63, 3.8) is 0 Å². The first-order chi connectivity index (χ1) is 34.9. The summed E-state index contributed by atoms with van der Waals surface area (Å²) in [6.07, 6.45) is 12.6. The fourth-order valence-corrected chi connectivity index (χ4v) is 10.8. The van der Waals surface area contributed by atoms with Crippen molar-refractivity contribution in [3.05, 3.63) is 82.7 Å². The molecule has 3 aromatic heterocycles. The van der Waals surface area contributed by atoms with E-state index in [0.717, 1.165) is 83.4 Å². The van der Waals surface area contributed by atoms with Crippen molar-refractivity contribution in [2.45, 2.75) is 136 Å². The lowest BCUT2D eigenvalue weighted by Crippen LogP contribution is -2.57. The summed E-state index contributed by atoms with van der Waals surface area (Å²) in [6.45, 7) is 16.3. The number of aliphatic hydroxyl groups is 1. The third kappa shape index (κ3) is 13.8. The minimum Gasteiger partial charge on any atom is -0.391 e. The number of benzene rings is 1. The number of nitrogens with zero attached hydrogens (tertiary/aromatic N) is 9. The quantitative estimate of drug-likeness (QED) is 0.0410. The van der Waals surface area contributed by atoms with Gasteiger partial charge in [-0.15, -0.1) is 11.3 Å². The molecule has 0 unspecified atom stereocenters. The third-order valence-corrected chi connectivity index (χ3v) is 15.1. The first-order valence-corrected chi connectivity index (χ1v) is 26.6. The van der Waals surface area contributed by atoms with Crippen LogP contribution in [0.5, 0.6) is 0 Å². The maximum Gasteiger partial charge on any atom is 0.270 e. The van der Waals surface area contributed by atoms with Gasteiger partial charge in [0, 0.05) is 95.9 Å². The van der Waals surface area contributed by atoms with Crippen molar-refractivity contribution >= 4 is 64.6 Å². The highest BCUT2D eigenvalue weighted by molar-refractivity contribution is 7.13. The molecule has 2 saturated heterocycles. The Bertz CT molecular complexity index is 2670. The Morgan fingerprint density at radius 3 is 2.29 bits per heavy atom. The Labute approximate surface area is 433 Å². The van der Waals surface area contributed by atoms with Gasteiger partial charge in [-0.05, 0) is 81.0 Å². The molecular formula is C54H74N12O6S. The van der Waals surface area contributed by atoms with E-state index in [1.807, 2.05) is 87.5 Å². The topological polar surface area (TPSA) is 211 Å². The maximum atomic E-state index is 14.1. The van der Waals surface area contributed by atoms with E-state index >= 15 is 0 Å². The lowest BCUT2D eigenvalue weighted by atomic mass is 9.85. The van der Waals surface area contributed by atoms with E-state index < -0.39 is 29.5 Å². The predicted octanol–water partition coefficient (Wildman–Crippen LogP) is 6.83. The second kappa shape index (κ2) is 24.5. The van der Waals surface area contributed by atoms with Gasteiger partial charge in [0.1, 0.15) is 29.2 Å². The van der Waals surface area contributed by atoms with E-state index in [4.69, 9.17) is 4.98 Å². The molecule has 19 heteroatoms. The number of rotatable bonds is 20. The monoisotopic (exact) mass is 1020 g/mol. The highest BCUT2D eigenvalue weighted by Gasteiger charge is 2.44. The number of fused-ring (bicyclic) bond motifs is 1. The van der Waals surface area contributed by atoms with Crippen LogP contribution < -0.4 is 16.0 Å². The number of β-amino-alcohol motifs (C(OH)–C–C–N with tert-alkyl or cyclic N) is 1. The van der Waals surface area contributed by atoms with Gasteiger partial charge in [-0.25, -0.2) is 15.0 Å². The minimum absolute atomic E-state index is 0.00873. The molecule has 3 aliphatic rings. The first-order valence-electron chi connectivity index (χ1n) is 25.7. The molecule has 1 saturated carbocycles. The number of piperazine rings is 1. The summed E-state index contributed by atoms with van der Waals surface area (Å²) in [6, 6.07) is 8.24. The number of aryl methyl sites for hydroxylation is 1. The second-order valence-corrected chi connectivity index (χ2v) is 21.7. The number of carbonyl (C=O) groups excluding carboxylic acids is 5. The second-order valence-electron chi connectivity index (χ2n) is 20.9. The van der Waals surface area contributed by atoms with Gasteiger partial charge in [0.2, 0.25) is 29.6 Å². The smallest absolute Gasteiger partial charge is 0.270 e. The Morgan fingerprint density at radius 1 is 0.959 bits per heavy atom. The average molecular weight is 1020 g/mol. The zero-order valence-electron chi connectivity index (χ0n) is 43.7. The third-order valence-electron chi connectivity index (χ3n) is 14.2. The molecule has 18 nitrogen and oxygen atoms in total. The summed E-state index contributed by atoms with van der Waals surface area (Å²) in [4.78, 5) is 93.3. The number of carbonyl (C=O) groups is 5. The van der Waals surface area contributed by atoms with Gasteiger partial charge in [0.05, 0.1) is 22.2 Å². The summed E-state index contributed by atoms with van der Waals surface area (Å²) in [7, 11) is 3.51. The van der Waals surface area contributed by atoms with Gasteiger partial charge in [0.15, 0.2) is 0 Å². The fraction of sp³-hybridized carbons (Fsp3) is 0.537. The molecule has 0 radical (unpaired) electrons. The molecule has 4 N–H and O–H groups in total. The van der Waals surface area contributed by atoms with Crippen LogP contribution in [0.3, 0.4) is 0 Å². The Kier molecular flexibility index (Phi) is 18.2. The van der Waals surface area contributed by atoms with E-state index in [2.05, 4.69) is 47.1 Å². The lowest BCUT2D eigenvalue weighted by molar-refractivity contribution is -0.144. The number of aliphatic hydroxyl groups excluding tert-OH is 1. The highest BCUT2D eigenvalue weighted by atomic mass is 32.1. The molecule has 3 fully saturated rings. The van der Waals surface area contributed by atoms with E-state index in [-0.39, 0.29) is 55.6 Å². The zero-order chi connectivity index (χ0) is 52.4. The summed E-state index contributed by atoms with van der Waals surface area (Å²) in [5, 5.41) is 20.5. The SMILES string of the molecule is C=N/C(=C\C=C(/C)N1CCN(C(=O)CCCCCCC(=O)N[C@H](C(=O)N2C[C@H](O)C[C@H]2C(=O)NCc2ccc(-c3scnc3C)cc2)C(C)(C)C)CC1)Nc1ncc2cc(C(=O)N(C)C)n(C3CCCC3)c2n1. The summed E-state index contributed by atoms with van der Waals surface area (Å²) < 4.78 is 2.08. The molecule has 7 rings (SSSR count). The minimum atomic E-state index is -0.894. The largest absolute Gasteiger partial charge is 0.391 e. The first kappa shape index (κ1) is 54.3. The van der Waals surface area contributed by atoms with Gasteiger partial charge in [-0.2, -0.15) is 4.98 Å². The average Bonchev–Trinajstić information content (AvgIpc) is 4.21. The normalized spacial score (nSPS) is 18.3. The van der Waals surface area contributed by atoms with Gasteiger partial charge in [-0.1, -0.05) is 70.7 Å². The molecule has 2 aliphatic heterocycles. The molecular weight excluding hydrogens is 945 g/mol. The number of hydrogen-bond acceptors (Lipinski definition) is 13. The molecule has 73 heavy (non-hydrogen) atoms. The van der Waals surface area contributed by atoms with Crippen molar-refractivity contribution < 1.29 is 29.1 Å². The Balaban J connectivity index is 0.814. The number of thiazole rings is 1. The number of unbranched alkanes of at least 4 members (excludes halogenated alkanes) is 3. The van der Waals surface area contributed by atoms with Crippen LogP contribution in [0.1, 0.15) is 126 Å². The lowest BCUT2D eigenvalue weighted by Gasteiger charge is -2.36. The van der Waals surface area contributed by atoms with Gasteiger partial charge in [-0.3, -0.25) is 24.0 Å². The van der Waals surface area contributed by atoms with E-state index in [1.54, 1.807) is 36.5 Å². The van der Waals surface area contributed by atoms with Crippen LogP contribution in [0.2, 0.25) is 0 Å². The summed E-state index contributed by atoms with van der Waals surface area (Å²) in [5.41, 5.74) is 6.45. The number of amides is 5. The molecule has 1 aliphatic carbocycles. The molecule has 5 amide bonds. The summed E-state index contributed by atoms with van der Waals surface area (Å²) in [5.74, 6) is -0.0868.